The Morgan fingerprint density at radius 1 is 1.18 bits per heavy atom. The molecule has 1 atom stereocenters. The van der Waals surface area contributed by atoms with Gasteiger partial charge in [0, 0.05) is 32.6 Å². The molecule has 1 aliphatic carbocycles. The van der Waals surface area contributed by atoms with E-state index in [1.54, 1.807) is 7.11 Å². The minimum Gasteiger partial charge on any atom is -0.497 e. The molecule has 0 spiro atoms. The van der Waals surface area contributed by atoms with Crippen LogP contribution in [0.4, 0.5) is 11.6 Å². The molecule has 1 aromatic heterocycles. The first-order valence-corrected chi connectivity index (χ1v) is 11.6. The number of aryl methyl sites for hydroxylation is 1. The van der Waals surface area contributed by atoms with E-state index in [4.69, 9.17) is 27.8 Å². The maximum Gasteiger partial charge on any atom is 0.273 e. The van der Waals surface area contributed by atoms with Crippen LogP contribution in [0, 0.1) is 0 Å². The number of nitrogens with two attached hydrogens (primary N) is 2. The van der Waals surface area contributed by atoms with Crippen molar-refractivity contribution >= 4 is 35.1 Å². The van der Waals surface area contributed by atoms with Gasteiger partial charge in [0.1, 0.15) is 5.75 Å². The first-order valence-electron chi connectivity index (χ1n) is 11.3. The summed E-state index contributed by atoms with van der Waals surface area (Å²) in [6, 6.07) is 6.13. The summed E-state index contributed by atoms with van der Waals surface area (Å²) in [5.74, 6) is 0.570. The molecule has 1 unspecified atom stereocenters. The number of nitrogens with zero attached hydrogens (tertiary/aromatic N) is 3. The number of nitrogen functional groups attached to an aromatic ring is 2. The summed E-state index contributed by atoms with van der Waals surface area (Å²) in [6.45, 7) is 2.12. The van der Waals surface area contributed by atoms with Crippen molar-refractivity contribution in [2.24, 2.45) is 0 Å². The number of hydrogen-bond acceptors (Lipinski definition) is 8. The Morgan fingerprint density at radius 2 is 1.91 bits per heavy atom. The van der Waals surface area contributed by atoms with Crippen molar-refractivity contribution in [2.75, 3.05) is 51.8 Å². The standard InChI is InChI=1S/C23H32ClN7O3/c1-31(11-9-28-23(33)19-21(25)30-22(26)20(24)29-19)10-8-27-18(32)13-15-5-3-4-14-12-16(34-2)6-7-17(14)15/h6-7,12,15H,3-5,8-11,13H2,1-2H3,(H,27,32)(H,28,33)(H4,25,26,30). The first kappa shape index (κ1) is 25.5. The summed E-state index contributed by atoms with van der Waals surface area (Å²) in [7, 11) is 3.58. The predicted molar refractivity (Wildman–Crippen MR) is 132 cm³/mol. The van der Waals surface area contributed by atoms with Gasteiger partial charge in [-0.3, -0.25) is 9.59 Å². The molecule has 0 saturated heterocycles. The second kappa shape index (κ2) is 11.8. The molecule has 1 aromatic carbocycles. The van der Waals surface area contributed by atoms with Crippen LogP contribution in [0.3, 0.4) is 0 Å². The van der Waals surface area contributed by atoms with Gasteiger partial charge >= 0.3 is 0 Å². The average molecular weight is 490 g/mol. The lowest BCUT2D eigenvalue weighted by molar-refractivity contribution is -0.121. The van der Waals surface area contributed by atoms with E-state index >= 15 is 0 Å². The van der Waals surface area contributed by atoms with Crippen molar-refractivity contribution in [3.63, 3.8) is 0 Å². The zero-order chi connectivity index (χ0) is 24.7. The average Bonchev–Trinajstić information content (AvgIpc) is 2.81. The fourth-order valence-electron chi connectivity index (χ4n) is 4.08. The number of halogens is 1. The molecule has 10 nitrogen and oxygen atoms in total. The number of nitrogens with one attached hydrogen (secondary N) is 2. The van der Waals surface area contributed by atoms with Crippen LogP contribution in [0.25, 0.3) is 0 Å². The fourth-order valence-corrected chi connectivity index (χ4v) is 4.20. The number of carbonyl (C=O) groups is 2. The fraction of sp³-hybridized carbons (Fsp3) is 0.478. The SMILES string of the molecule is COc1ccc2c(c1)CCCC2CC(=O)NCCN(C)CCNC(=O)c1nc(Cl)c(N)nc1N. The Morgan fingerprint density at radius 3 is 2.65 bits per heavy atom. The van der Waals surface area contributed by atoms with E-state index in [9.17, 15) is 9.59 Å². The number of rotatable bonds is 10. The highest BCUT2D eigenvalue weighted by molar-refractivity contribution is 6.31. The van der Waals surface area contributed by atoms with Crippen LogP contribution in [0.15, 0.2) is 18.2 Å². The Labute approximate surface area is 204 Å². The van der Waals surface area contributed by atoms with E-state index in [0.29, 0.717) is 32.6 Å². The van der Waals surface area contributed by atoms with Crippen LogP contribution in [0.2, 0.25) is 5.15 Å². The minimum absolute atomic E-state index is 0.0228. The number of benzene rings is 1. The van der Waals surface area contributed by atoms with Crippen LogP contribution < -0.4 is 26.8 Å². The molecule has 0 aliphatic heterocycles. The van der Waals surface area contributed by atoms with Crippen LogP contribution in [-0.4, -0.2) is 67.0 Å². The first-order chi connectivity index (χ1) is 16.3. The van der Waals surface area contributed by atoms with Gasteiger partial charge in [0.05, 0.1) is 7.11 Å². The van der Waals surface area contributed by atoms with Gasteiger partial charge in [0.15, 0.2) is 22.5 Å². The van der Waals surface area contributed by atoms with Gasteiger partial charge in [0.2, 0.25) is 5.91 Å². The van der Waals surface area contributed by atoms with Crippen LogP contribution in [-0.2, 0) is 11.2 Å². The molecule has 11 heteroatoms. The lowest BCUT2D eigenvalue weighted by atomic mass is 9.81. The monoisotopic (exact) mass is 489 g/mol. The molecule has 0 bridgehead atoms. The van der Waals surface area contributed by atoms with E-state index in [1.165, 1.54) is 11.1 Å². The van der Waals surface area contributed by atoms with Crippen LogP contribution in [0.1, 0.15) is 46.8 Å². The number of aromatic nitrogens is 2. The van der Waals surface area contributed by atoms with Gasteiger partial charge in [0.25, 0.3) is 5.91 Å². The third kappa shape index (κ3) is 6.71. The van der Waals surface area contributed by atoms with Crippen molar-refractivity contribution in [1.82, 2.24) is 25.5 Å². The largest absolute Gasteiger partial charge is 0.497 e. The Bertz CT molecular complexity index is 1030. The normalized spacial score (nSPS) is 15.0. The lowest BCUT2D eigenvalue weighted by Gasteiger charge is -2.25. The summed E-state index contributed by atoms with van der Waals surface area (Å²) in [5.41, 5.74) is 13.7. The van der Waals surface area contributed by atoms with Gasteiger partial charge < -0.3 is 31.7 Å². The molecule has 0 radical (unpaired) electrons. The molecule has 2 amide bonds. The topological polar surface area (TPSA) is 148 Å². The van der Waals surface area contributed by atoms with Gasteiger partial charge in [-0.2, -0.15) is 0 Å². The number of fused-ring (bicyclic) bond motifs is 1. The highest BCUT2D eigenvalue weighted by atomic mass is 35.5. The van der Waals surface area contributed by atoms with Crippen molar-refractivity contribution in [2.45, 2.75) is 31.6 Å². The second-order valence-corrected chi connectivity index (χ2v) is 8.76. The number of hydrogen-bond donors (Lipinski definition) is 4. The molecule has 6 N–H and O–H groups in total. The van der Waals surface area contributed by atoms with E-state index in [1.807, 2.05) is 18.0 Å². The molecular weight excluding hydrogens is 458 g/mol. The van der Waals surface area contributed by atoms with E-state index in [2.05, 4.69) is 32.7 Å². The third-order valence-corrected chi connectivity index (χ3v) is 6.21. The smallest absolute Gasteiger partial charge is 0.273 e. The summed E-state index contributed by atoms with van der Waals surface area (Å²) in [5, 5.41) is 5.67. The van der Waals surface area contributed by atoms with Gasteiger partial charge in [-0.05, 0) is 55.5 Å². The van der Waals surface area contributed by atoms with Crippen molar-refractivity contribution in [3.05, 3.63) is 40.2 Å². The second-order valence-electron chi connectivity index (χ2n) is 8.40. The number of anilines is 2. The summed E-state index contributed by atoms with van der Waals surface area (Å²) < 4.78 is 5.32. The molecule has 1 aliphatic rings. The molecule has 3 rings (SSSR count). The Balaban J connectivity index is 1.37. The third-order valence-electron chi connectivity index (χ3n) is 5.94. The molecule has 1 heterocycles. The molecule has 2 aromatic rings. The molecular formula is C23H32ClN7O3. The maximum atomic E-state index is 12.5. The van der Waals surface area contributed by atoms with Gasteiger partial charge in [-0.25, -0.2) is 9.97 Å². The number of likely N-dealkylation sites (N-methyl/N-ethyl adjacent to an activating group) is 1. The Kier molecular flexibility index (Phi) is 8.89. The number of ether oxygens (including phenoxy) is 1. The maximum absolute atomic E-state index is 12.5. The predicted octanol–water partition coefficient (Wildman–Crippen LogP) is 1.59. The number of carbonyl (C=O) groups excluding carboxylic acids is 2. The quantitative estimate of drug-likeness (QED) is 0.393. The van der Waals surface area contributed by atoms with E-state index < -0.39 is 5.91 Å². The van der Waals surface area contributed by atoms with Gasteiger partial charge in [-0.15, -0.1) is 0 Å². The molecule has 0 saturated carbocycles. The summed E-state index contributed by atoms with van der Waals surface area (Å²) in [6.07, 6.45) is 3.59. The van der Waals surface area contributed by atoms with Crippen LogP contribution >= 0.6 is 11.6 Å². The zero-order valence-electron chi connectivity index (χ0n) is 19.6. The van der Waals surface area contributed by atoms with E-state index in [-0.39, 0.29) is 34.3 Å². The van der Waals surface area contributed by atoms with E-state index in [0.717, 1.165) is 25.0 Å². The number of amides is 2. The Hall–Kier alpha value is -3.11. The van der Waals surface area contributed by atoms with Crippen LogP contribution in [0.5, 0.6) is 5.75 Å². The molecule has 0 fully saturated rings. The lowest BCUT2D eigenvalue weighted by Crippen LogP contribution is -2.38. The number of methoxy groups -OCH3 is 1. The molecule has 34 heavy (non-hydrogen) atoms. The van der Waals surface area contributed by atoms with Gasteiger partial charge in [-0.1, -0.05) is 17.7 Å². The highest BCUT2D eigenvalue weighted by Gasteiger charge is 2.23. The summed E-state index contributed by atoms with van der Waals surface area (Å²) in [4.78, 5) is 34.5. The zero-order valence-corrected chi connectivity index (χ0v) is 20.3. The van der Waals surface area contributed by atoms with Crippen molar-refractivity contribution in [1.29, 1.82) is 0 Å². The van der Waals surface area contributed by atoms with Crippen molar-refractivity contribution < 1.29 is 14.3 Å². The minimum atomic E-state index is -0.473. The summed E-state index contributed by atoms with van der Waals surface area (Å²) >= 11 is 5.81. The van der Waals surface area contributed by atoms with Crippen molar-refractivity contribution in [3.8, 4) is 5.75 Å². The highest BCUT2D eigenvalue weighted by Crippen LogP contribution is 2.35. The molecule has 184 valence electrons.